The van der Waals surface area contributed by atoms with Crippen LogP contribution in [0.3, 0.4) is 0 Å². The molecule has 3 aromatic rings. The Morgan fingerprint density at radius 2 is 1.39 bits per heavy atom. The zero-order chi connectivity index (χ0) is 22.4. The standard InChI is InChI=1S/C31H26O2/c1-32-25-12-8-23(9-13-25)31(24-10-14-26(33-2)15-11-24)18-17-28-22(20-31)7-16-29-27-6-4-3-5-21(27)19-30(28)29/h3-19,29H,20H2,1-2H3. The molecule has 2 heteroatoms. The van der Waals surface area contributed by atoms with Gasteiger partial charge in [-0.15, -0.1) is 0 Å². The maximum absolute atomic E-state index is 5.43. The van der Waals surface area contributed by atoms with Gasteiger partial charge in [0.1, 0.15) is 11.5 Å². The summed E-state index contributed by atoms with van der Waals surface area (Å²) in [7, 11) is 3.42. The van der Waals surface area contributed by atoms with E-state index in [4.69, 9.17) is 9.47 Å². The van der Waals surface area contributed by atoms with E-state index < -0.39 is 0 Å². The van der Waals surface area contributed by atoms with Crippen LogP contribution in [0.1, 0.15) is 34.6 Å². The van der Waals surface area contributed by atoms with Crippen LogP contribution in [-0.2, 0) is 5.41 Å². The van der Waals surface area contributed by atoms with Crippen molar-refractivity contribution in [3.8, 4) is 11.5 Å². The van der Waals surface area contributed by atoms with Crippen molar-refractivity contribution in [2.24, 2.45) is 0 Å². The van der Waals surface area contributed by atoms with Crippen LogP contribution >= 0.6 is 0 Å². The lowest BCUT2D eigenvalue weighted by Gasteiger charge is -2.38. The molecular formula is C31H26O2. The quantitative estimate of drug-likeness (QED) is 0.444. The Kier molecular flexibility index (Phi) is 4.62. The smallest absolute Gasteiger partial charge is 0.118 e. The second kappa shape index (κ2) is 7.67. The van der Waals surface area contributed by atoms with E-state index in [0.717, 1.165) is 17.9 Å². The predicted molar refractivity (Wildman–Crippen MR) is 134 cm³/mol. The first-order valence-electron chi connectivity index (χ1n) is 11.4. The summed E-state index contributed by atoms with van der Waals surface area (Å²) in [4.78, 5) is 0. The molecule has 33 heavy (non-hydrogen) atoms. The lowest BCUT2D eigenvalue weighted by molar-refractivity contribution is 0.414. The predicted octanol–water partition coefficient (Wildman–Crippen LogP) is 7.00. The number of ether oxygens (including phenoxy) is 2. The van der Waals surface area contributed by atoms with E-state index in [0.29, 0.717) is 5.92 Å². The van der Waals surface area contributed by atoms with Crippen LogP contribution in [0.5, 0.6) is 11.5 Å². The summed E-state index contributed by atoms with van der Waals surface area (Å²) in [5, 5.41) is 0. The van der Waals surface area contributed by atoms with Gasteiger partial charge in [0.15, 0.2) is 0 Å². The summed E-state index contributed by atoms with van der Waals surface area (Å²) in [6.07, 6.45) is 12.8. The molecule has 0 saturated heterocycles. The van der Waals surface area contributed by atoms with Crippen molar-refractivity contribution in [3.05, 3.63) is 136 Å². The molecule has 3 aliphatic rings. The minimum absolute atomic E-state index is 0.249. The first kappa shape index (κ1) is 19.9. The molecule has 1 unspecified atom stereocenters. The van der Waals surface area contributed by atoms with Crippen LogP contribution < -0.4 is 9.47 Å². The molecule has 0 spiro atoms. The van der Waals surface area contributed by atoms with Crippen molar-refractivity contribution in [3.63, 3.8) is 0 Å². The van der Waals surface area contributed by atoms with E-state index in [1.165, 1.54) is 39.0 Å². The van der Waals surface area contributed by atoms with E-state index in [2.05, 4.69) is 103 Å². The van der Waals surface area contributed by atoms with Gasteiger partial charge in [0.05, 0.1) is 14.2 Å². The van der Waals surface area contributed by atoms with E-state index in [-0.39, 0.29) is 5.41 Å². The molecule has 0 radical (unpaired) electrons. The van der Waals surface area contributed by atoms with Gasteiger partial charge in [-0.05, 0) is 75.7 Å². The Labute approximate surface area is 195 Å². The molecule has 0 bridgehead atoms. The van der Waals surface area contributed by atoms with Gasteiger partial charge < -0.3 is 9.47 Å². The number of allylic oxidation sites excluding steroid dienone is 7. The Morgan fingerprint density at radius 1 is 0.758 bits per heavy atom. The van der Waals surface area contributed by atoms with E-state index in [9.17, 15) is 0 Å². The third kappa shape index (κ3) is 3.09. The highest BCUT2D eigenvalue weighted by molar-refractivity contribution is 5.77. The largest absolute Gasteiger partial charge is 0.497 e. The van der Waals surface area contributed by atoms with Crippen LogP contribution in [0.4, 0.5) is 0 Å². The number of benzene rings is 3. The SMILES string of the molecule is COc1ccc(C2(c3ccc(OC)cc3)C=CC3=C(C=CC4C3=Cc3ccccc34)C2)cc1. The third-order valence-corrected chi connectivity index (χ3v) is 7.34. The van der Waals surface area contributed by atoms with Crippen molar-refractivity contribution in [2.45, 2.75) is 17.8 Å². The van der Waals surface area contributed by atoms with Crippen LogP contribution in [0.2, 0.25) is 0 Å². The summed E-state index contributed by atoms with van der Waals surface area (Å²) in [6.45, 7) is 0. The summed E-state index contributed by atoms with van der Waals surface area (Å²) in [5.74, 6) is 2.11. The maximum Gasteiger partial charge on any atom is 0.118 e. The Hall–Kier alpha value is -3.78. The molecule has 0 amide bonds. The summed E-state index contributed by atoms with van der Waals surface area (Å²) >= 11 is 0. The topological polar surface area (TPSA) is 18.5 Å². The molecule has 2 nitrogen and oxygen atoms in total. The van der Waals surface area contributed by atoms with Gasteiger partial charge in [0, 0.05) is 11.3 Å². The number of hydrogen-bond acceptors (Lipinski definition) is 2. The molecule has 0 N–H and O–H groups in total. The lowest BCUT2D eigenvalue weighted by atomic mass is 9.65. The van der Waals surface area contributed by atoms with Crippen LogP contribution in [-0.4, -0.2) is 14.2 Å². The van der Waals surface area contributed by atoms with E-state index in [1.807, 2.05) is 0 Å². The van der Waals surface area contributed by atoms with Gasteiger partial charge in [0.25, 0.3) is 0 Å². The van der Waals surface area contributed by atoms with Gasteiger partial charge in [-0.3, -0.25) is 0 Å². The number of fused-ring (bicyclic) bond motifs is 4. The van der Waals surface area contributed by atoms with Crippen molar-refractivity contribution in [2.75, 3.05) is 14.2 Å². The maximum atomic E-state index is 5.43. The van der Waals surface area contributed by atoms with Crippen LogP contribution in [0.25, 0.3) is 6.08 Å². The molecule has 0 heterocycles. The Morgan fingerprint density at radius 3 is 2.03 bits per heavy atom. The van der Waals surface area contributed by atoms with E-state index >= 15 is 0 Å². The number of methoxy groups -OCH3 is 2. The molecule has 0 aliphatic heterocycles. The lowest BCUT2D eigenvalue weighted by Crippen LogP contribution is -2.29. The van der Waals surface area contributed by atoms with Gasteiger partial charge >= 0.3 is 0 Å². The van der Waals surface area contributed by atoms with Crippen molar-refractivity contribution < 1.29 is 9.47 Å². The molecule has 3 aliphatic carbocycles. The van der Waals surface area contributed by atoms with Gasteiger partial charge in [-0.25, -0.2) is 0 Å². The second-order valence-electron chi connectivity index (χ2n) is 8.94. The first-order chi connectivity index (χ1) is 16.2. The van der Waals surface area contributed by atoms with Gasteiger partial charge in [-0.1, -0.05) is 72.8 Å². The molecule has 1 atom stereocenters. The summed E-state index contributed by atoms with van der Waals surface area (Å²) in [5.41, 5.74) is 9.20. The molecule has 0 aromatic heterocycles. The van der Waals surface area contributed by atoms with Crippen LogP contribution in [0.15, 0.2) is 114 Å². The third-order valence-electron chi connectivity index (χ3n) is 7.34. The van der Waals surface area contributed by atoms with Crippen molar-refractivity contribution >= 4 is 6.08 Å². The highest BCUT2D eigenvalue weighted by Crippen LogP contribution is 2.51. The Balaban J connectivity index is 1.45. The summed E-state index contributed by atoms with van der Waals surface area (Å²) in [6, 6.07) is 25.7. The normalized spacial score (nSPS) is 19.5. The molecule has 3 aromatic carbocycles. The second-order valence-corrected chi connectivity index (χ2v) is 8.94. The van der Waals surface area contributed by atoms with Crippen LogP contribution in [0, 0.1) is 0 Å². The molecule has 6 rings (SSSR count). The molecule has 0 fully saturated rings. The van der Waals surface area contributed by atoms with E-state index in [1.54, 1.807) is 14.2 Å². The zero-order valence-corrected chi connectivity index (χ0v) is 18.9. The average Bonchev–Trinajstić information content (AvgIpc) is 3.27. The van der Waals surface area contributed by atoms with Gasteiger partial charge in [0.2, 0.25) is 0 Å². The number of rotatable bonds is 4. The van der Waals surface area contributed by atoms with Gasteiger partial charge in [-0.2, -0.15) is 0 Å². The number of hydrogen-bond donors (Lipinski definition) is 0. The highest BCUT2D eigenvalue weighted by Gasteiger charge is 2.38. The Bertz CT molecular complexity index is 1290. The van der Waals surface area contributed by atoms with Crippen molar-refractivity contribution in [1.82, 2.24) is 0 Å². The fourth-order valence-electron chi connectivity index (χ4n) is 5.57. The molecule has 162 valence electrons. The minimum atomic E-state index is -0.249. The average molecular weight is 431 g/mol. The first-order valence-corrected chi connectivity index (χ1v) is 11.4. The van der Waals surface area contributed by atoms with Crippen molar-refractivity contribution in [1.29, 1.82) is 0 Å². The minimum Gasteiger partial charge on any atom is -0.497 e. The zero-order valence-electron chi connectivity index (χ0n) is 18.9. The molecular weight excluding hydrogens is 404 g/mol. The fourth-order valence-corrected chi connectivity index (χ4v) is 5.57. The fraction of sp³-hybridized carbons (Fsp3) is 0.161. The monoisotopic (exact) mass is 430 g/mol. The molecule has 0 saturated carbocycles. The highest BCUT2D eigenvalue weighted by atomic mass is 16.5. The summed E-state index contributed by atoms with van der Waals surface area (Å²) < 4.78 is 10.9.